The predicted molar refractivity (Wildman–Crippen MR) is 55.3 cm³/mol. The number of nitrogens with zero attached hydrogens (tertiary/aromatic N) is 2. The van der Waals surface area contributed by atoms with Crippen LogP contribution in [0.4, 0.5) is 0 Å². The van der Waals surface area contributed by atoms with E-state index in [0.717, 1.165) is 13.0 Å². The molecule has 0 aromatic heterocycles. The van der Waals surface area contributed by atoms with Crippen LogP contribution in [0.3, 0.4) is 0 Å². The molecule has 1 heterocycles. The van der Waals surface area contributed by atoms with E-state index in [-0.39, 0.29) is 5.96 Å². The summed E-state index contributed by atoms with van der Waals surface area (Å²) in [6.45, 7) is 4.62. The first-order valence-corrected chi connectivity index (χ1v) is 5.01. The zero-order chi connectivity index (χ0) is 9.73. The van der Waals surface area contributed by atoms with Crippen molar-refractivity contribution in [1.29, 1.82) is 0 Å². The van der Waals surface area contributed by atoms with E-state index in [1.165, 1.54) is 37.0 Å². The molecule has 4 heteroatoms. The monoisotopic (exact) mass is 185 g/mol. The van der Waals surface area contributed by atoms with E-state index in [1.807, 2.05) is 0 Å². The van der Waals surface area contributed by atoms with Crippen molar-refractivity contribution >= 4 is 5.96 Å². The molecular formula is C9H21N4+. The molecule has 1 saturated heterocycles. The van der Waals surface area contributed by atoms with Gasteiger partial charge in [-0.3, -0.25) is 4.99 Å². The fourth-order valence-electron chi connectivity index (χ4n) is 1.98. The van der Waals surface area contributed by atoms with Gasteiger partial charge in [0.1, 0.15) is 0 Å². The molecule has 0 bridgehead atoms. The fraction of sp³-hybridized carbons (Fsp3) is 0.889. The summed E-state index contributed by atoms with van der Waals surface area (Å²) in [5.41, 5.74) is 10.5. The number of nitrogens with two attached hydrogens (primary N) is 2. The highest BCUT2D eigenvalue weighted by Gasteiger charge is 2.25. The SMILES string of the molecule is C[N+]1(CCCN=C(N)N)CCCC1. The van der Waals surface area contributed by atoms with Gasteiger partial charge < -0.3 is 16.0 Å². The number of rotatable bonds is 4. The van der Waals surface area contributed by atoms with Gasteiger partial charge in [-0.25, -0.2) is 0 Å². The normalized spacial score (nSPS) is 20.1. The van der Waals surface area contributed by atoms with E-state index in [9.17, 15) is 0 Å². The van der Waals surface area contributed by atoms with Gasteiger partial charge in [-0.2, -0.15) is 0 Å². The van der Waals surface area contributed by atoms with Crippen LogP contribution in [0, 0.1) is 0 Å². The number of likely N-dealkylation sites (tertiary alicyclic amines) is 1. The van der Waals surface area contributed by atoms with E-state index in [4.69, 9.17) is 11.5 Å². The van der Waals surface area contributed by atoms with E-state index in [2.05, 4.69) is 12.0 Å². The average molecular weight is 185 g/mol. The Balaban J connectivity index is 2.15. The molecule has 0 radical (unpaired) electrons. The predicted octanol–water partition coefficient (Wildman–Crippen LogP) is -0.110. The molecule has 1 aliphatic rings. The standard InChI is InChI=1S/C9H21N4/c1-13(6-2-3-7-13)8-4-5-12-9(10)11/h2-8H2,1H3,(H4,10,11,12)/q+1. The molecule has 4 nitrogen and oxygen atoms in total. The van der Waals surface area contributed by atoms with Crippen LogP contribution in [0.5, 0.6) is 0 Å². The second-order valence-corrected chi connectivity index (χ2v) is 4.16. The maximum absolute atomic E-state index is 5.24. The minimum atomic E-state index is 0.212. The molecule has 0 aliphatic carbocycles. The Morgan fingerprint density at radius 2 is 1.92 bits per heavy atom. The summed E-state index contributed by atoms with van der Waals surface area (Å²) in [5, 5.41) is 0. The third kappa shape index (κ3) is 3.63. The molecule has 1 aliphatic heterocycles. The molecule has 0 atom stereocenters. The summed E-state index contributed by atoms with van der Waals surface area (Å²) in [7, 11) is 2.32. The zero-order valence-electron chi connectivity index (χ0n) is 8.50. The van der Waals surface area contributed by atoms with Gasteiger partial charge in [0.25, 0.3) is 0 Å². The minimum absolute atomic E-state index is 0.212. The van der Waals surface area contributed by atoms with Crippen LogP contribution in [0.1, 0.15) is 19.3 Å². The van der Waals surface area contributed by atoms with Gasteiger partial charge in [-0.15, -0.1) is 0 Å². The van der Waals surface area contributed by atoms with Crippen molar-refractivity contribution in [3.05, 3.63) is 0 Å². The highest BCUT2D eigenvalue weighted by molar-refractivity contribution is 5.75. The smallest absolute Gasteiger partial charge is 0.185 e. The van der Waals surface area contributed by atoms with E-state index in [1.54, 1.807) is 0 Å². The maximum atomic E-state index is 5.24. The van der Waals surface area contributed by atoms with Crippen LogP contribution < -0.4 is 11.5 Å². The second kappa shape index (κ2) is 4.46. The summed E-state index contributed by atoms with van der Waals surface area (Å²) in [6, 6.07) is 0. The lowest BCUT2D eigenvalue weighted by molar-refractivity contribution is -0.897. The molecular weight excluding hydrogens is 164 g/mol. The summed E-state index contributed by atoms with van der Waals surface area (Å²) in [5.74, 6) is 0.212. The van der Waals surface area contributed by atoms with Crippen molar-refractivity contribution in [2.75, 3.05) is 33.2 Å². The largest absolute Gasteiger partial charge is 0.370 e. The van der Waals surface area contributed by atoms with Crippen molar-refractivity contribution in [3.8, 4) is 0 Å². The number of hydrogen-bond acceptors (Lipinski definition) is 1. The lowest BCUT2D eigenvalue weighted by Crippen LogP contribution is -2.41. The van der Waals surface area contributed by atoms with Crippen LogP contribution in [0.2, 0.25) is 0 Å². The minimum Gasteiger partial charge on any atom is -0.370 e. The van der Waals surface area contributed by atoms with Gasteiger partial charge in [0.15, 0.2) is 5.96 Å². The molecule has 0 saturated carbocycles. The molecule has 13 heavy (non-hydrogen) atoms. The molecule has 4 N–H and O–H groups in total. The second-order valence-electron chi connectivity index (χ2n) is 4.16. The number of aliphatic imine (C=N–C) groups is 1. The third-order valence-corrected chi connectivity index (χ3v) is 2.80. The number of quaternary nitrogens is 1. The quantitative estimate of drug-likeness (QED) is 0.278. The molecule has 0 aromatic carbocycles. The molecule has 0 spiro atoms. The highest BCUT2D eigenvalue weighted by Crippen LogP contribution is 2.16. The van der Waals surface area contributed by atoms with Crippen LogP contribution in [0.25, 0.3) is 0 Å². The van der Waals surface area contributed by atoms with Crippen LogP contribution >= 0.6 is 0 Å². The Morgan fingerprint density at radius 1 is 1.31 bits per heavy atom. The third-order valence-electron chi connectivity index (χ3n) is 2.80. The van der Waals surface area contributed by atoms with Crippen molar-refractivity contribution < 1.29 is 4.48 Å². The fourth-order valence-corrected chi connectivity index (χ4v) is 1.98. The van der Waals surface area contributed by atoms with Crippen molar-refractivity contribution in [2.45, 2.75) is 19.3 Å². The van der Waals surface area contributed by atoms with Crippen LogP contribution in [-0.4, -0.2) is 43.7 Å². The average Bonchev–Trinajstić information content (AvgIpc) is 2.47. The maximum Gasteiger partial charge on any atom is 0.185 e. The summed E-state index contributed by atoms with van der Waals surface area (Å²) >= 11 is 0. The lowest BCUT2D eigenvalue weighted by Gasteiger charge is -2.28. The Labute approximate surface area is 80.2 Å². The van der Waals surface area contributed by atoms with E-state index < -0.39 is 0 Å². The molecule has 76 valence electrons. The Bertz CT molecular complexity index is 178. The summed E-state index contributed by atoms with van der Waals surface area (Å²) in [6.07, 6.45) is 3.84. The number of guanidine groups is 1. The van der Waals surface area contributed by atoms with Crippen LogP contribution in [-0.2, 0) is 0 Å². The zero-order valence-corrected chi connectivity index (χ0v) is 8.50. The van der Waals surface area contributed by atoms with E-state index >= 15 is 0 Å². The summed E-state index contributed by atoms with van der Waals surface area (Å²) in [4.78, 5) is 3.98. The lowest BCUT2D eigenvalue weighted by atomic mass is 10.3. The van der Waals surface area contributed by atoms with Gasteiger partial charge >= 0.3 is 0 Å². The Hall–Kier alpha value is -0.770. The number of hydrogen-bond donors (Lipinski definition) is 2. The Kier molecular flexibility index (Phi) is 3.54. The van der Waals surface area contributed by atoms with Gasteiger partial charge in [0.2, 0.25) is 0 Å². The topological polar surface area (TPSA) is 64.4 Å². The highest BCUT2D eigenvalue weighted by atomic mass is 15.3. The van der Waals surface area contributed by atoms with E-state index in [0.29, 0.717) is 0 Å². The summed E-state index contributed by atoms with van der Waals surface area (Å²) < 4.78 is 1.21. The molecule has 1 rings (SSSR count). The van der Waals surface area contributed by atoms with Crippen molar-refractivity contribution in [3.63, 3.8) is 0 Å². The van der Waals surface area contributed by atoms with Crippen molar-refractivity contribution in [1.82, 2.24) is 0 Å². The van der Waals surface area contributed by atoms with Crippen LogP contribution in [0.15, 0.2) is 4.99 Å². The first-order chi connectivity index (χ1) is 6.12. The Morgan fingerprint density at radius 3 is 2.46 bits per heavy atom. The van der Waals surface area contributed by atoms with Gasteiger partial charge in [-0.1, -0.05) is 0 Å². The molecule has 0 amide bonds. The first-order valence-electron chi connectivity index (χ1n) is 5.01. The molecule has 1 fully saturated rings. The van der Waals surface area contributed by atoms with Crippen molar-refractivity contribution in [2.24, 2.45) is 16.5 Å². The van der Waals surface area contributed by atoms with Gasteiger partial charge in [0, 0.05) is 25.8 Å². The first kappa shape index (κ1) is 10.3. The van der Waals surface area contributed by atoms with Gasteiger partial charge in [0.05, 0.1) is 26.7 Å². The van der Waals surface area contributed by atoms with Gasteiger partial charge in [-0.05, 0) is 0 Å². The molecule has 0 unspecified atom stereocenters. The molecule has 0 aromatic rings.